The molecule has 2 N–H and O–H groups in total. The number of aromatic amines is 1. The van der Waals surface area contributed by atoms with E-state index in [1.165, 1.54) is 0 Å². The lowest BCUT2D eigenvalue weighted by molar-refractivity contribution is -0.136. The highest BCUT2D eigenvalue weighted by Crippen LogP contribution is 2.43. The van der Waals surface area contributed by atoms with Crippen LogP contribution in [0, 0.1) is 0 Å². The Balaban J connectivity index is 1.21. The average molecular weight is 840 g/mol. The molecule has 0 spiro atoms. The lowest BCUT2D eigenvalue weighted by atomic mass is 9.98. The third-order valence-corrected chi connectivity index (χ3v) is 12.1. The Morgan fingerprint density at radius 2 is 1.71 bits per heavy atom. The molecule has 4 aromatic carbocycles. The molecule has 2 aliphatic rings. The summed E-state index contributed by atoms with van der Waals surface area (Å²) >= 11 is 19.7. The first-order valence-electron chi connectivity index (χ1n) is 19.7. The van der Waals surface area contributed by atoms with Crippen LogP contribution >= 0.6 is 34.8 Å². The zero-order valence-electron chi connectivity index (χ0n) is 32.4. The number of benzene rings is 4. The predicted molar refractivity (Wildman–Crippen MR) is 233 cm³/mol. The van der Waals surface area contributed by atoms with Crippen LogP contribution in [0.4, 0.5) is 11.4 Å². The number of anilines is 2. The minimum Gasteiger partial charge on any atom is -0.491 e. The van der Waals surface area contributed by atoms with Crippen molar-refractivity contribution in [2.75, 3.05) is 50.2 Å². The Morgan fingerprint density at radius 1 is 0.931 bits per heavy atom. The number of carbonyl (C=O) groups excluding carboxylic acids is 2. The maximum atomic E-state index is 15.0. The number of carbonyl (C=O) groups is 2. The topological polar surface area (TPSA) is 105 Å². The molecule has 13 heteroatoms. The van der Waals surface area contributed by atoms with Crippen molar-refractivity contribution in [2.45, 2.75) is 51.1 Å². The van der Waals surface area contributed by atoms with Gasteiger partial charge in [-0.2, -0.15) is 0 Å². The highest BCUT2D eigenvalue weighted by molar-refractivity contribution is 6.35. The quantitative estimate of drug-likeness (QED) is 0.119. The summed E-state index contributed by atoms with van der Waals surface area (Å²) < 4.78 is 13.3. The van der Waals surface area contributed by atoms with Gasteiger partial charge in [-0.25, -0.2) is 4.98 Å². The van der Waals surface area contributed by atoms with Gasteiger partial charge in [0.2, 0.25) is 5.91 Å². The zero-order valence-corrected chi connectivity index (χ0v) is 34.7. The molecule has 300 valence electrons. The lowest BCUT2D eigenvalue weighted by Gasteiger charge is -2.41. The number of aromatic nitrogens is 3. The summed E-state index contributed by atoms with van der Waals surface area (Å²) in [6.45, 7) is 5.13. The van der Waals surface area contributed by atoms with Gasteiger partial charge in [-0.3, -0.25) is 9.59 Å². The first-order chi connectivity index (χ1) is 28.2. The summed E-state index contributed by atoms with van der Waals surface area (Å²) in [7, 11) is 1.63. The number of hydrogen-bond donors (Lipinski definition) is 2. The van der Waals surface area contributed by atoms with Crippen LogP contribution in [0.5, 0.6) is 5.75 Å². The summed E-state index contributed by atoms with van der Waals surface area (Å²) in [6.07, 6.45) is 6.14. The van der Waals surface area contributed by atoms with E-state index in [4.69, 9.17) is 49.3 Å². The normalized spacial score (nSPS) is 15.6. The van der Waals surface area contributed by atoms with Crippen LogP contribution in [0.1, 0.15) is 61.1 Å². The van der Waals surface area contributed by atoms with E-state index in [2.05, 4.69) is 24.7 Å². The van der Waals surface area contributed by atoms with Crippen LogP contribution in [0.15, 0.2) is 91.3 Å². The van der Waals surface area contributed by atoms with Crippen molar-refractivity contribution in [2.24, 2.45) is 0 Å². The van der Waals surface area contributed by atoms with Gasteiger partial charge in [-0.05, 0) is 74.6 Å². The molecule has 2 fully saturated rings. The Bertz CT molecular complexity index is 2440. The van der Waals surface area contributed by atoms with Crippen LogP contribution in [-0.4, -0.2) is 77.2 Å². The fraction of sp³-hybridized carbons (Fsp3) is 0.311. The van der Waals surface area contributed by atoms with Gasteiger partial charge >= 0.3 is 0 Å². The van der Waals surface area contributed by atoms with E-state index in [-0.39, 0.29) is 23.9 Å². The molecule has 2 aliphatic heterocycles. The number of amides is 2. The Kier molecular flexibility index (Phi) is 12.0. The van der Waals surface area contributed by atoms with E-state index in [9.17, 15) is 4.79 Å². The summed E-state index contributed by atoms with van der Waals surface area (Å²) in [5.74, 6) is 0.509. The third kappa shape index (κ3) is 8.16. The van der Waals surface area contributed by atoms with E-state index in [0.29, 0.717) is 68.6 Å². The molecule has 2 amide bonds. The molecule has 1 atom stereocenters. The number of imidazole rings is 1. The summed E-state index contributed by atoms with van der Waals surface area (Å²) in [5, 5.41) is 5.68. The Morgan fingerprint density at radius 3 is 2.47 bits per heavy atom. The second-order valence-electron chi connectivity index (χ2n) is 14.9. The van der Waals surface area contributed by atoms with Crippen molar-refractivity contribution in [3.05, 3.63) is 118 Å². The van der Waals surface area contributed by atoms with Gasteiger partial charge in [-0.15, -0.1) is 0 Å². The van der Waals surface area contributed by atoms with Crippen molar-refractivity contribution in [3.63, 3.8) is 0 Å². The van der Waals surface area contributed by atoms with Crippen molar-refractivity contribution < 1.29 is 19.1 Å². The van der Waals surface area contributed by atoms with Gasteiger partial charge < -0.3 is 34.1 Å². The maximum absolute atomic E-state index is 15.0. The smallest absolute Gasteiger partial charge is 0.272 e. The number of methoxy groups -OCH3 is 1. The van der Waals surface area contributed by atoms with Gasteiger partial charge in [0, 0.05) is 82.4 Å². The van der Waals surface area contributed by atoms with Crippen LogP contribution in [0.3, 0.4) is 0 Å². The van der Waals surface area contributed by atoms with Gasteiger partial charge in [0.15, 0.2) is 0 Å². The Hall–Kier alpha value is -5.00. The van der Waals surface area contributed by atoms with E-state index >= 15 is 4.79 Å². The molecule has 10 nitrogen and oxygen atoms in total. The number of ether oxygens (including phenoxy) is 2. The molecule has 0 radical (unpaired) electrons. The fourth-order valence-corrected chi connectivity index (χ4v) is 9.06. The molecule has 2 saturated heterocycles. The Labute approximate surface area is 353 Å². The predicted octanol–water partition coefficient (Wildman–Crippen LogP) is 10.5. The molecule has 0 unspecified atom stereocenters. The number of fused-ring (bicyclic) bond motifs is 1. The molecule has 8 rings (SSSR count). The maximum Gasteiger partial charge on any atom is 0.272 e. The van der Waals surface area contributed by atoms with E-state index < -0.39 is 0 Å². The molecule has 4 heterocycles. The number of rotatable bonds is 12. The molecule has 0 bridgehead atoms. The van der Waals surface area contributed by atoms with Crippen LogP contribution < -0.4 is 15.0 Å². The first kappa shape index (κ1) is 39.8. The number of halogens is 3. The second-order valence-corrected chi connectivity index (χ2v) is 16.1. The minimum absolute atomic E-state index is 0.216. The van der Waals surface area contributed by atoms with Gasteiger partial charge in [0.1, 0.15) is 18.1 Å². The first-order valence-corrected chi connectivity index (χ1v) is 20.8. The van der Waals surface area contributed by atoms with Gasteiger partial charge in [-0.1, -0.05) is 77.3 Å². The number of piperidine rings is 2. The molecule has 0 aliphatic carbocycles. The molecule has 2 aromatic heterocycles. The number of likely N-dealkylation sites (tertiary alicyclic amines) is 1. The van der Waals surface area contributed by atoms with Crippen LogP contribution in [0.25, 0.3) is 33.4 Å². The van der Waals surface area contributed by atoms with E-state index in [1.807, 2.05) is 85.8 Å². The molecule has 6 aromatic rings. The number of hydrogen-bond acceptors (Lipinski definition) is 6. The average Bonchev–Trinajstić information content (AvgIpc) is 3.83. The highest BCUT2D eigenvalue weighted by atomic mass is 35.5. The summed E-state index contributed by atoms with van der Waals surface area (Å²) in [5.41, 5.74) is 6.35. The molecular formula is C45H45Cl3N6O4. The van der Waals surface area contributed by atoms with E-state index in [0.717, 1.165) is 73.2 Å². The lowest BCUT2D eigenvalue weighted by Crippen LogP contribution is -2.49. The molecule has 0 saturated carbocycles. The van der Waals surface area contributed by atoms with Crippen molar-refractivity contribution in [1.82, 2.24) is 19.4 Å². The zero-order chi connectivity index (χ0) is 40.3. The van der Waals surface area contributed by atoms with Crippen molar-refractivity contribution >= 4 is 68.9 Å². The number of nitrogens with zero attached hydrogens (tertiary/aromatic N) is 4. The third-order valence-electron chi connectivity index (χ3n) is 11.3. The standard InChI is InChI=1S/C45H45Cl3N6O4/c1-28(34-14-11-30(46)24-36(34)48)54-27-49-42(29-8-4-3-5-9-29)44(54)41-35-15-12-31(47)25-37(35)50-43(41)45(56)51-38-26-33(58-23-22-57-2)13-16-39(38)52-20-17-32(18-21-52)53-19-7-6-10-40(53)55/h3-5,8-9,11-16,24-28,32,50H,6-7,10,17-23H2,1-2H3,(H,51,56)/t28-/m0/s1. The fourth-order valence-electron chi connectivity index (χ4n) is 8.33. The summed E-state index contributed by atoms with van der Waals surface area (Å²) in [6, 6.07) is 26.7. The highest BCUT2D eigenvalue weighted by Gasteiger charge is 2.32. The number of nitrogens with one attached hydrogen (secondary N) is 2. The van der Waals surface area contributed by atoms with Gasteiger partial charge in [0.05, 0.1) is 41.7 Å². The largest absolute Gasteiger partial charge is 0.491 e. The van der Waals surface area contributed by atoms with Crippen molar-refractivity contribution in [3.8, 4) is 28.3 Å². The van der Waals surface area contributed by atoms with Crippen LogP contribution in [0.2, 0.25) is 15.1 Å². The SMILES string of the molecule is COCCOc1ccc(N2CCC(N3CCCCC3=O)CC2)c(NC(=O)c2[nH]c3cc(Cl)ccc3c2-c2c(-c3ccccc3)ncn2[C@@H](C)c2ccc(Cl)cc2Cl)c1. The number of H-pyrrole nitrogens is 1. The van der Waals surface area contributed by atoms with Crippen LogP contribution in [-0.2, 0) is 9.53 Å². The molecule has 58 heavy (non-hydrogen) atoms. The van der Waals surface area contributed by atoms with Crippen molar-refractivity contribution in [1.29, 1.82) is 0 Å². The second kappa shape index (κ2) is 17.5. The van der Waals surface area contributed by atoms with Gasteiger partial charge in [0.25, 0.3) is 5.91 Å². The minimum atomic E-state index is -0.352. The summed E-state index contributed by atoms with van der Waals surface area (Å²) in [4.78, 5) is 40.6. The monoisotopic (exact) mass is 838 g/mol. The van der Waals surface area contributed by atoms with E-state index in [1.54, 1.807) is 19.5 Å². The molecular weight excluding hydrogens is 795 g/mol.